The number of fused-ring (bicyclic) bond motifs is 1. The van der Waals surface area contributed by atoms with Crippen LogP contribution in [-0.4, -0.2) is 12.9 Å². The molecule has 0 radical (unpaired) electrons. The third-order valence-electron chi connectivity index (χ3n) is 6.23. The van der Waals surface area contributed by atoms with Crippen molar-refractivity contribution in [2.45, 2.75) is 44.2 Å². The van der Waals surface area contributed by atoms with E-state index in [0.29, 0.717) is 37.0 Å². The maximum absolute atomic E-state index is 12.0. The second-order valence-electron chi connectivity index (χ2n) is 7.77. The van der Waals surface area contributed by atoms with Gasteiger partial charge in [-0.1, -0.05) is 42.8 Å². The number of hydrogen-bond donors (Lipinski definition) is 1. The molecule has 4 nitrogen and oxygen atoms in total. The molecule has 2 aromatic carbocycles. The van der Waals surface area contributed by atoms with E-state index in [1.807, 2.05) is 36.4 Å². The van der Waals surface area contributed by atoms with E-state index < -0.39 is 0 Å². The van der Waals surface area contributed by atoms with Crippen molar-refractivity contribution in [1.29, 1.82) is 0 Å². The molecule has 2 N–H and O–H groups in total. The van der Waals surface area contributed by atoms with Crippen LogP contribution in [0.5, 0.6) is 11.5 Å². The van der Waals surface area contributed by atoms with E-state index in [1.54, 1.807) is 13.2 Å². The number of hydrogen-bond acceptors (Lipinski definition) is 4. The molecular weight excluding hydrogens is 350 g/mol. The van der Waals surface area contributed by atoms with Gasteiger partial charge in [0.1, 0.15) is 6.61 Å². The standard InChI is InChI=1S/C24H27NO3/c1-27-22-14-21(24-10-5-8-19(24)13-20(26)9-11-24)18(15-25)12-23(22)28-16-17-6-3-2-4-7-17/h2-4,6-7,9,11-12,14,19H,5,8,10,13,15-16,25H2,1H3/t19-,24-/m1/s1. The van der Waals surface area contributed by atoms with Crippen LogP contribution in [0.25, 0.3) is 0 Å². The van der Waals surface area contributed by atoms with Crippen LogP contribution in [0.15, 0.2) is 54.6 Å². The molecule has 2 atom stereocenters. The van der Waals surface area contributed by atoms with Crippen molar-refractivity contribution in [3.63, 3.8) is 0 Å². The van der Waals surface area contributed by atoms with Crippen molar-refractivity contribution in [1.82, 2.24) is 0 Å². The van der Waals surface area contributed by atoms with Crippen LogP contribution in [0, 0.1) is 5.92 Å². The van der Waals surface area contributed by atoms with Crippen LogP contribution >= 0.6 is 0 Å². The van der Waals surface area contributed by atoms with Gasteiger partial charge in [-0.15, -0.1) is 0 Å². The highest BCUT2D eigenvalue weighted by Gasteiger charge is 2.46. The summed E-state index contributed by atoms with van der Waals surface area (Å²) in [6.45, 7) is 0.903. The molecule has 0 spiro atoms. The van der Waals surface area contributed by atoms with Gasteiger partial charge in [-0.2, -0.15) is 0 Å². The Morgan fingerprint density at radius 3 is 2.75 bits per heavy atom. The van der Waals surface area contributed by atoms with Crippen LogP contribution < -0.4 is 15.2 Å². The van der Waals surface area contributed by atoms with Gasteiger partial charge in [-0.25, -0.2) is 0 Å². The zero-order valence-electron chi connectivity index (χ0n) is 16.3. The third-order valence-corrected chi connectivity index (χ3v) is 6.23. The summed E-state index contributed by atoms with van der Waals surface area (Å²) in [6, 6.07) is 14.2. The van der Waals surface area contributed by atoms with E-state index in [9.17, 15) is 4.79 Å². The second kappa shape index (κ2) is 7.80. The average Bonchev–Trinajstić information content (AvgIpc) is 3.16. The fourth-order valence-corrected chi connectivity index (χ4v) is 4.82. The molecule has 146 valence electrons. The number of methoxy groups -OCH3 is 1. The normalized spacial score (nSPS) is 23.5. The van der Waals surface area contributed by atoms with Gasteiger partial charge < -0.3 is 15.2 Å². The molecule has 4 rings (SSSR count). The van der Waals surface area contributed by atoms with Gasteiger partial charge in [0.2, 0.25) is 0 Å². The van der Waals surface area contributed by atoms with Crippen LogP contribution in [0.4, 0.5) is 0 Å². The highest BCUT2D eigenvalue weighted by atomic mass is 16.5. The lowest BCUT2D eigenvalue weighted by atomic mass is 9.66. The van der Waals surface area contributed by atoms with Gasteiger partial charge in [0.15, 0.2) is 17.3 Å². The molecule has 0 bridgehead atoms. The number of carbonyl (C=O) groups is 1. The van der Waals surface area contributed by atoms with Gasteiger partial charge in [-0.05, 0) is 53.7 Å². The van der Waals surface area contributed by atoms with Crippen molar-refractivity contribution >= 4 is 5.78 Å². The molecule has 2 aliphatic carbocycles. The number of carbonyl (C=O) groups excluding carboxylic acids is 1. The lowest BCUT2D eigenvalue weighted by Gasteiger charge is -2.37. The van der Waals surface area contributed by atoms with Crippen LogP contribution in [-0.2, 0) is 23.4 Å². The molecule has 28 heavy (non-hydrogen) atoms. The Labute approximate surface area is 166 Å². The molecule has 0 aromatic heterocycles. The minimum Gasteiger partial charge on any atom is -0.493 e. The summed E-state index contributed by atoms with van der Waals surface area (Å²) in [6.07, 6.45) is 7.75. The number of ketones is 1. The Morgan fingerprint density at radius 2 is 2.00 bits per heavy atom. The van der Waals surface area contributed by atoms with Crippen molar-refractivity contribution in [3.05, 3.63) is 71.3 Å². The lowest BCUT2D eigenvalue weighted by molar-refractivity contribution is -0.116. The van der Waals surface area contributed by atoms with Crippen LogP contribution in [0.3, 0.4) is 0 Å². The van der Waals surface area contributed by atoms with Gasteiger partial charge in [0.25, 0.3) is 0 Å². The number of benzene rings is 2. The molecule has 0 unspecified atom stereocenters. The highest BCUT2D eigenvalue weighted by molar-refractivity contribution is 5.91. The van der Waals surface area contributed by atoms with Crippen LogP contribution in [0.1, 0.15) is 42.4 Å². The van der Waals surface area contributed by atoms with Gasteiger partial charge in [0, 0.05) is 18.4 Å². The Balaban J connectivity index is 1.71. The van der Waals surface area contributed by atoms with E-state index >= 15 is 0 Å². The van der Waals surface area contributed by atoms with Crippen molar-refractivity contribution < 1.29 is 14.3 Å². The Hall–Kier alpha value is -2.59. The first-order valence-corrected chi connectivity index (χ1v) is 9.96. The summed E-state index contributed by atoms with van der Waals surface area (Å²) in [4.78, 5) is 12.0. The van der Waals surface area contributed by atoms with Gasteiger partial charge >= 0.3 is 0 Å². The molecule has 0 saturated heterocycles. The summed E-state index contributed by atoms with van der Waals surface area (Å²) in [5.74, 6) is 1.99. The first-order valence-electron chi connectivity index (χ1n) is 9.96. The van der Waals surface area contributed by atoms with Gasteiger partial charge in [-0.3, -0.25) is 4.79 Å². The quantitative estimate of drug-likeness (QED) is 0.815. The molecule has 1 fully saturated rings. The molecule has 2 aliphatic rings. The summed E-state index contributed by atoms with van der Waals surface area (Å²) >= 11 is 0. The predicted octanol–water partition coefficient (Wildman–Crippen LogP) is 4.30. The molecule has 1 saturated carbocycles. The zero-order valence-corrected chi connectivity index (χ0v) is 16.3. The lowest BCUT2D eigenvalue weighted by Crippen LogP contribution is -2.34. The summed E-state index contributed by atoms with van der Waals surface area (Å²) in [7, 11) is 1.67. The maximum atomic E-state index is 12.0. The fraction of sp³-hybridized carbons (Fsp3) is 0.375. The van der Waals surface area contributed by atoms with Gasteiger partial charge in [0.05, 0.1) is 7.11 Å². The smallest absolute Gasteiger partial charge is 0.162 e. The molecule has 4 heteroatoms. The second-order valence-corrected chi connectivity index (χ2v) is 7.77. The van der Waals surface area contributed by atoms with E-state index in [-0.39, 0.29) is 11.2 Å². The van der Waals surface area contributed by atoms with E-state index in [1.165, 1.54) is 5.56 Å². The molecule has 0 aliphatic heterocycles. The van der Waals surface area contributed by atoms with E-state index in [2.05, 4.69) is 12.1 Å². The van der Waals surface area contributed by atoms with E-state index in [0.717, 1.165) is 30.4 Å². The van der Waals surface area contributed by atoms with E-state index in [4.69, 9.17) is 15.2 Å². The predicted molar refractivity (Wildman–Crippen MR) is 109 cm³/mol. The Morgan fingerprint density at radius 1 is 1.18 bits per heavy atom. The monoisotopic (exact) mass is 377 g/mol. The third kappa shape index (κ3) is 3.33. The number of nitrogens with two attached hydrogens (primary N) is 1. The number of allylic oxidation sites excluding steroid dienone is 2. The number of rotatable bonds is 6. The molecule has 2 aromatic rings. The summed E-state index contributed by atoms with van der Waals surface area (Å²) in [5, 5.41) is 0. The summed E-state index contributed by atoms with van der Waals surface area (Å²) in [5.41, 5.74) is 9.38. The minimum atomic E-state index is -0.117. The van der Waals surface area contributed by atoms with Crippen LogP contribution in [0.2, 0.25) is 0 Å². The molecular formula is C24H27NO3. The SMILES string of the molecule is COc1cc([C@]23C=CC(=O)C[C@H]2CCC3)c(CN)cc1OCc1ccccc1. The first kappa shape index (κ1) is 18.8. The van der Waals surface area contributed by atoms with Crippen molar-refractivity contribution in [2.24, 2.45) is 11.7 Å². The number of ether oxygens (including phenoxy) is 2. The van der Waals surface area contributed by atoms with Crippen molar-refractivity contribution in [3.8, 4) is 11.5 Å². The highest BCUT2D eigenvalue weighted by Crippen LogP contribution is 2.52. The summed E-state index contributed by atoms with van der Waals surface area (Å²) < 4.78 is 11.7. The maximum Gasteiger partial charge on any atom is 0.162 e. The van der Waals surface area contributed by atoms with Crippen molar-refractivity contribution in [2.75, 3.05) is 7.11 Å². The minimum absolute atomic E-state index is 0.117. The molecule has 0 amide bonds. The largest absolute Gasteiger partial charge is 0.493 e. The zero-order chi connectivity index (χ0) is 19.6. The topological polar surface area (TPSA) is 61.5 Å². The average molecular weight is 377 g/mol. The molecule has 0 heterocycles. The first-order chi connectivity index (χ1) is 13.7. The Kier molecular flexibility index (Phi) is 5.23. The fourth-order valence-electron chi connectivity index (χ4n) is 4.82. The Bertz CT molecular complexity index is 890.